The number of benzene rings is 1. The number of carboxylic acids is 1. The van der Waals surface area contributed by atoms with Crippen LogP contribution in [0.3, 0.4) is 0 Å². The van der Waals surface area contributed by atoms with E-state index in [1.54, 1.807) is 29.9 Å². The van der Waals surface area contributed by atoms with Gasteiger partial charge >= 0.3 is 5.97 Å². The van der Waals surface area contributed by atoms with E-state index in [1.165, 1.54) is 0 Å². The first-order chi connectivity index (χ1) is 11.5. The van der Waals surface area contributed by atoms with Crippen LogP contribution in [0.15, 0.2) is 30.5 Å². The Morgan fingerprint density at radius 1 is 1.21 bits per heavy atom. The monoisotopic (exact) mass is 349 g/mol. The zero-order chi connectivity index (χ0) is 17.5. The number of aromatic nitrogens is 2. The summed E-state index contributed by atoms with van der Waals surface area (Å²) in [5.41, 5.74) is 2.00. The number of halogens is 1. The predicted octanol–water partition coefficient (Wildman–Crippen LogP) is 3.21. The van der Waals surface area contributed by atoms with Gasteiger partial charge < -0.3 is 10.4 Å². The van der Waals surface area contributed by atoms with Crippen LogP contribution >= 0.6 is 11.6 Å². The molecule has 0 aliphatic rings. The van der Waals surface area contributed by atoms with E-state index in [4.69, 9.17) is 16.7 Å². The lowest BCUT2D eigenvalue weighted by molar-refractivity contribution is -0.137. The summed E-state index contributed by atoms with van der Waals surface area (Å²) in [6.07, 6.45) is 4.01. The number of hydrogen-bond donors (Lipinski definition) is 2. The molecule has 0 saturated carbocycles. The molecule has 6 nitrogen and oxygen atoms in total. The van der Waals surface area contributed by atoms with E-state index in [0.29, 0.717) is 29.2 Å². The molecule has 0 fully saturated rings. The van der Waals surface area contributed by atoms with Gasteiger partial charge in [-0.05, 0) is 44.0 Å². The predicted molar refractivity (Wildman–Crippen MR) is 91.7 cm³/mol. The normalized spacial score (nSPS) is 10.6. The van der Waals surface area contributed by atoms with Gasteiger partial charge in [0.25, 0.3) is 5.91 Å². The molecule has 1 aromatic heterocycles. The second kappa shape index (κ2) is 8.49. The van der Waals surface area contributed by atoms with E-state index in [-0.39, 0.29) is 12.3 Å². The third kappa shape index (κ3) is 5.09. The standard InChI is InChI=1S/C17H20ClN3O3/c1-12-15(17(24)19-10-4-2-3-5-16(22)23)11-21(20-12)14-8-6-13(18)7-9-14/h6-9,11H,2-5,10H2,1H3,(H,19,24)(H,22,23). The number of rotatable bonds is 8. The Bertz CT molecular complexity index is 710. The van der Waals surface area contributed by atoms with Crippen molar-refractivity contribution in [3.8, 4) is 5.69 Å². The molecule has 0 radical (unpaired) electrons. The van der Waals surface area contributed by atoms with Gasteiger partial charge in [-0.15, -0.1) is 0 Å². The molecule has 1 amide bonds. The average Bonchev–Trinajstić information content (AvgIpc) is 2.93. The molecule has 0 saturated heterocycles. The molecular weight excluding hydrogens is 330 g/mol. The summed E-state index contributed by atoms with van der Waals surface area (Å²) >= 11 is 5.87. The van der Waals surface area contributed by atoms with Crippen LogP contribution in [0.25, 0.3) is 5.69 Å². The molecule has 0 bridgehead atoms. The fraction of sp³-hybridized carbons (Fsp3) is 0.353. The zero-order valence-corrected chi connectivity index (χ0v) is 14.2. The number of carbonyl (C=O) groups excluding carboxylic acids is 1. The van der Waals surface area contributed by atoms with Gasteiger partial charge in [0.05, 0.1) is 16.9 Å². The van der Waals surface area contributed by atoms with Crippen molar-refractivity contribution >= 4 is 23.5 Å². The first-order valence-corrected chi connectivity index (χ1v) is 8.17. The van der Waals surface area contributed by atoms with Crippen molar-refractivity contribution in [1.29, 1.82) is 0 Å². The van der Waals surface area contributed by atoms with Crippen LogP contribution in [-0.4, -0.2) is 33.3 Å². The Balaban J connectivity index is 1.88. The van der Waals surface area contributed by atoms with Gasteiger partial charge in [-0.3, -0.25) is 9.59 Å². The topological polar surface area (TPSA) is 84.2 Å². The highest BCUT2D eigenvalue weighted by molar-refractivity contribution is 6.30. The lowest BCUT2D eigenvalue weighted by atomic mass is 10.2. The maximum atomic E-state index is 12.2. The number of nitrogens with one attached hydrogen (secondary N) is 1. The number of amides is 1. The summed E-state index contributed by atoms with van der Waals surface area (Å²) < 4.78 is 1.65. The molecule has 0 spiro atoms. The lowest BCUT2D eigenvalue weighted by Gasteiger charge is -2.03. The molecule has 2 aromatic rings. The fourth-order valence-electron chi connectivity index (χ4n) is 2.28. The molecule has 0 aliphatic heterocycles. The summed E-state index contributed by atoms with van der Waals surface area (Å²) in [6, 6.07) is 7.20. The van der Waals surface area contributed by atoms with Crippen LogP contribution < -0.4 is 5.32 Å². The van der Waals surface area contributed by atoms with Gasteiger partial charge in [-0.25, -0.2) is 4.68 Å². The Morgan fingerprint density at radius 2 is 1.92 bits per heavy atom. The van der Waals surface area contributed by atoms with Crippen LogP contribution in [-0.2, 0) is 4.79 Å². The number of carbonyl (C=O) groups is 2. The minimum absolute atomic E-state index is 0.168. The quantitative estimate of drug-likeness (QED) is 0.717. The summed E-state index contributed by atoms with van der Waals surface area (Å²) in [5.74, 6) is -0.963. The number of hydrogen-bond acceptors (Lipinski definition) is 3. The Morgan fingerprint density at radius 3 is 2.58 bits per heavy atom. The average molecular weight is 350 g/mol. The summed E-state index contributed by atoms with van der Waals surface area (Å²) in [4.78, 5) is 22.6. The van der Waals surface area contributed by atoms with E-state index < -0.39 is 5.97 Å². The van der Waals surface area contributed by atoms with Crippen LogP contribution in [0, 0.1) is 6.92 Å². The second-order valence-electron chi connectivity index (χ2n) is 5.51. The van der Waals surface area contributed by atoms with Crippen molar-refractivity contribution < 1.29 is 14.7 Å². The van der Waals surface area contributed by atoms with Gasteiger partial charge in [0, 0.05) is 24.2 Å². The zero-order valence-electron chi connectivity index (χ0n) is 13.5. The van der Waals surface area contributed by atoms with Crippen LogP contribution in [0.1, 0.15) is 41.7 Å². The van der Waals surface area contributed by atoms with E-state index in [0.717, 1.165) is 18.5 Å². The first kappa shape index (κ1) is 18.0. The molecular formula is C17H20ClN3O3. The first-order valence-electron chi connectivity index (χ1n) is 7.79. The third-order valence-corrected chi connectivity index (χ3v) is 3.84. The Labute approximate surface area is 145 Å². The number of aryl methyl sites for hydroxylation is 1. The molecule has 0 atom stereocenters. The summed E-state index contributed by atoms with van der Waals surface area (Å²) in [7, 11) is 0. The minimum Gasteiger partial charge on any atom is -0.481 e. The van der Waals surface area contributed by atoms with Crippen molar-refractivity contribution in [2.75, 3.05) is 6.54 Å². The van der Waals surface area contributed by atoms with E-state index in [9.17, 15) is 9.59 Å². The molecule has 24 heavy (non-hydrogen) atoms. The largest absolute Gasteiger partial charge is 0.481 e. The number of carboxylic acid groups (broad SMARTS) is 1. The highest BCUT2D eigenvalue weighted by Crippen LogP contribution is 2.15. The van der Waals surface area contributed by atoms with Crippen LogP contribution in [0.2, 0.25) is 5.02 Å². The molecule has 2 N–H and O–H groups in total. The SMILES string of the molecule is Cc1nn(-c2ccc(Cl)cc2)cc1C(=O)NCCCCCC(=O)O. The van der Waals surface area contributed by atoms with E-state index >= 15 is 0 Å². The number of nitrogens with zero attached hydrogens (tertiary/aromatic N) is 2. The second-order valence-corrected chi connectivity index (χ2v) is 5.95. The fourth-order valence-corrected chi connectivity index (χ4v) is 2.41. The van der Waals surface area contributed by atoms with Crippen molar-refractivity contribution in [1.82, 2.24) is 15.1 Å². The number of aliphatic carboxylic acids is 1. The molecule has 1 heterocycles. The summed E-state index contributed by atoms with van der Waals surface area (Å²) in [5, 5.41) is 16.4. The van der Waals surface area contributed by atoms with Gasteiger partial charge in [0.1, 0.15) is 0 Å². The Kier molecular flexibility index (Phi) is 6.37. The maximum absolute atomic E-state index is 12.2. The molecule has 0 unspecified atom stereocenters. The smallest absolute Gasteiger partial charge is 0.303 e. The van der Waals surface area contributed by atoms with E-state index in [1.807, 2.05) is 12.1 Å². The minimum atomic E-state index is -0.788. The van der Waals surface area contributed by atoms with Crippen LogP contribution in [0.5, 0.6) is 0 Å². The van der Waals surface area contributed by atoms with Gasteiger partial charge in [-0.1, -0.05) is 18.0 Å². The van der Waals surface area contributed by atoms with Crippen molar-refractivity contribution in [3.05, 3.63) is 46.7 Å². The Hall–Kier alpha value is -2.34. The van der Waals surface area contributed by atoms with Crippen molar-refractivity contribution in [2.24, 2.45) is 0 Å². The van der Waals surface area contributed by atoms with Crippen LogP contribution in [0.4, 0.5) is 0 Å². The molecule has 7 heteroatoms. The lowest BCUT2D eigenvalue weighted by Crippen LogP contribution is -2.24. The van der Waals surface area contributed by atoms with Gasteiger partial charge in [0.2, 0.25) is 0 Å². The van der Waals surface area contributed by atoms with Crippen molar-refractivity contribution in [2.45, 2.75) is 32.6 Å². The maximum Gasteiger partial charge on any atom is 0.303 e. The van der Waals surface area contributed by atoms with E-state index in [2.05, 4.69) is 10.4 Å². The highest BCUT2D eigenvalue weighted by Gasteiger charge is 2.13. The van der Waals surface area contributed by atoms with Gasteiger partial charge in [-0.2, -0.15) is 5.10 Å². The molecule has 128 valence electrons. The molecule has 1 aromatic carbocycles. The summed E-state index contributed by atoms with van der Waals surface area (Å²) in [6.45, 7) is 2.30. The van der Waals surface area contributed by atoms with Gasteiger partial charge in [0.15, 0.2) is 0 Å². The third-order valence-electron chi connectivity index (χ3n) is 3.59. The highest BCUT2D eigenvalue weighted by atomic mass is 35.5. The molecule has 0 aliphatic carbocycles. The molecule has 2 rings (SSSR count). The number of unbranched alkanes of at least 4 members (excludes halogenated alkanes) is 2. The van der Waals surface area contributed by atoms with Crippen molar-refractivity contribution in [3.63, 3.8) is 0 Å².